The molecule has 1 aromatic carbocycles. The lowest BCUT2D eigenvalue weighted by molar-refractivity contribution is 0.431. The number of aliphatic imine (C=N–C) groups is 1. The molecule has 4 unspecified atom stereocenters. The van der Waals surface area contributed by atoms with Crippen LogP contribution in [-0.4, -0.2) is 26.9 Å². The maximum absolute atomic E-state index is 11.4. The Morgan fingerprint density at radius 1 is 1.11 bits per heavy atom. The Labute approximate surface area is 220 Å². The predicted molar refractivity (Wildman–Crippen MR) is 155 cm³/mol. The fraction of sp³-hybridized carbons (Fsp3) is 0.500. The zero-order chi connectivity index (χ0) is 25.7. The number of nitrogens with zero attached hydrogens (tertiary/aromatic N) is 2. The molecule has 1 aromatic heterocycles. The van der Waals surface area contributed by atoms with Gasteiger partial charge in [0.25, 0.3) is 0 Å². The Balaban J connectivity index is 1.59. The second-order valence-electron chi connectivity index (χ2n) is 10.9. The number of hydrogen-bond donors (Lipinski definition) is 0. The molecule has 0 spiro atoms. The fourth-order valence-corrected chi connectivity index (χ4v) is 6.50. The van der Waals surface area contributed by atoms with E-state index in [2.05, 4.69) is 70.2 Å². The molecule has 0 fully saturated rings. The SMILES string of the molecule is CC1=C(C)C(c2ccc(C)cn2)C(C)C=CC1=Nc1cccc2c1CCCC(CCCCS(C)=O)C2. The summed E-state index contributed by atoms with van der Waals surface area (Å²) >= 11 is 0. The molecular weight excluding hydrogens is 460 g/mol. The van der Waals surface area contributed by atoms with Gasteiger partial charge in [0.15, 0.2) is 0 Å². The minimum Gasteiger partial charge on any atom is -0.260 e. The van der Waals surface area contributed by atoms with Crippen LogP contribution in [0.15, 0.2) is 64.8 Å². The lowest BCUT2D eigenvalue weighted by atomic mass is 9.83. The molecule has 2 aromatic rings. The van der Waals surface area contributed by atoms with Crippen LogP contribution in [0.1, 0.15) is 81.2 Å². The van der Waals surface area contributed by atoms with Crippen LogP contribution in [0.25, 0.3) is 0 Å². The Morgan fingerprint density at radius 3 is 2.69 bits per heavy atom. The van der Waals surface area contributed by atoms with Gasteiger partial charge in [-0.1, -0.05) is 49.6 Å². The first-order chi connectivity index (χ1) is 17.3. The van der Waals surface area contributed by atoms with E-state index >= 15 is 0 Å². The number of unbranched alkanes of at least 4 members (excludes halogenated alkanes) is 1. The molecule has 0 N–H and O–H groups in total. The van der Waals surface area contributed by atoms with E-state index in [4.69, 9.17) is 9.98 Å². The Hall–Kier alpha value is -2.33. The predicted octanol–water partition coefficient (Wildman–Crippen LogP) is 7.83. The van der Waals surface area contributed by atoms with Crippen molar-refractivity contribution in [2.75, 3.05) is 12.0 Å². The standard InChI is InChI=1S/C32H42N2OS/c1-22-15-17-31(33-21-22)32-23(2)16-18-29(24(3)25(32)4)34-30-14-9-12-27-20-26(11-8-13-28(27)30)10-6-7-19-36(5)35/h9,12,14-18,21,23,26,32H,6-8,10-11,13,19-20H2,1-5H3. The molecule has 192 valence electrons. The van der Waals surface area contributed by atoms with Gasteiger partial charge in [0.2, 0.25) is 0 Å². The molecule has 2 aliphatic carbocycles. The highest BCUT2D eigenvalue weighted by Gasteiger charge is 2.26. The second-order valence-corrected chi connectivity index (χ2v) is 12.5. The number of aryl methyl sites for hydroxylation is 1. The van der Waals surface area contributed by atoms with E-state index in [-0.39, 0.29) is 5.92 Å². The minimum atomic E-state index is -0.670. The molecule has 0 bridgehead atoms. The van der Waals surface area contributed by atoms with Gasteiger partial charge in [0.1, 0.15) is 0 Å². The molecular formula is C32H42N2OS. The van der Waals surface area contributed by atoms with Crippen molar-refractivity contribution in [1.82, 2.24) is 4.98 Å². The molecule has 4 atom stereocenters. The van der Waals surface area contributed by atoms with Crippen molar-refractivity contribution >= 4 is 22.2 Å². The normalized spacial score (nSPS) is 24.4. The summed E-state index contributed by atoms with van der Waals surface area (Å²) in [5.74, 6) is 2.20. The van der Waals surface area contributed by atoms with Crippen molar-refractivity contribution in [3.63, 3.8) is 0 Å². The van der Waals surface area contributed by atoms with Crippen LogP contribution in [0.4, 0.5) is 5.69 Å². The number of pyridine rings is 1. The summed E-state index contributed by atoms with van der Waals surface area (Å²) in [5, 5.41) is 0. The van der Waals surface area contributed by atoms with Crippen LogP contribution in [0, 0.1) is 18.8 Å². The maximum atomic E-state index is 11.4. The lowest BCUT2D eigenvalue weighted by Gasteiger charge is -2.22. The van der Waals surface area contributed by atoms with Crippen LogP contribution in [0.5, 0.6) is 0 Å². The van der Waals surface area contributed by atoms with Crippen LogP contribution in [0.3, 0.4) is 0 Å². The molecule has 0 saturated heterocycles. The van der Waals surface area contributed by atoms with Gasteiger partial charge in [-0.15, -0.1) is 0 Å². The molecule has 0 amide bonds. The largest absolute Gasteiger partial charge is 0.260 e. The van der Waals surface area contributed by atoms with E-state index in [1.807, 2.05) is 12.5 Å². The van der Waals surface area contributed by atoms with Crippen molar-refractivity contribution in [3.8, 4) is 0 Å². The second kappa shape index (κ2) is 12.3. The van der Waals surface area contributed by atoms with Gasteiger partial charge in [-0.05, 0) is 105 Å². The van der Waals surface area contributed by atoms with E-state index in [0.29, 0.717) is 5.92 Å². The van der Waals surface area contributed by atoms with Crippen molar-refractivity contribution < 1.29 is 4.21 Å². The summed E-state index contributed by atoms with van der Waals surface area (Å²) in [6.07, 6.45) is 16.6. The fourth-order valence-electron chi connectivity index (χ4n) is 5.88. The first kappa shape index (κ1) is 26.7. The highest BCUT2D eigenvalue weighted by Crippen LogP contribution is 2.38. The van der Waals surface area contributed by atoms with Crippen molar-refractivity contribution in [2.45, 2.75) is 78.6 Å². The van der Waals surface area contributed by atoms with Crippen molar-refractivity contribution in [1.29, 1.82) is 0 Å². The number of aromatic nitrogens is 1. The molecule has 3 nitrogen and oxygen atoms in total. The van der Waals surface area contributed by atoms with E-state index in [1.54, 1.807) is 0 Å². The number of rotatable bonds is 7. The van der Waals surface area contributed by atoms with Gasteiger partial charge in [-0.25, -0.2) is 4.99 Å². The third-order valence-electron chi connectivity index (χ3n) is 8.11. The summed E-state index contributed by atoms with van der Waals surface area (Å²) in [5.41, 5.74) is 10.1. The maximum Gasteiger partial charge on any atom is 0.0671 e. The quantitative estimate of drug-likeness (QED) is 0.286. The molecule has 4 rings (SSSR count). The third-order valence-corrected chi connectivity index (χ3v) is 8.97. The zero-order valence-electron chi connectivity index (χ0n) is 22.7. The van der Waals surface area contributed by atoms with Gasteiger partial charge in [-0.2, -0.15) is 0 Å². The number of hydrogen-bond acceptors (Lipinski definition) is 3. The number of benzene rings is 1. The first-order valence-electron chi connectivity index (χ1n) is 13.6. The Morgan fingerprint density at radius 2 is 1.94 bits per heavy atom. The molecule has 0 saturated carbocycles. The molecule has 1 heterocycles. The van der Waals surface area contributed by atoms with Crippen molar-refractivity contribution in [3.05, 3.63) is 82.2 Å². The minimum absolute atomic E-state index is 0.272. The van der Waals surface area contributed by atoms with Crippen LogP contribution in [0.2, 0.25) is 0 Å². The Bertz CT molecular complexity index is 1180. The summed E-state index contributed by atoms with van der Waals surface area (Å²) in [7, 11) is -0.670. The van der Waals surface area contributed by atoms with Crippen molar-refractivity contribution in [2.24, 2.45) is 16.8 Å². The smallest absolute Gasteiger partial charge is 0.0671 e. The number of fused-ring (bicyclic) bond motifs is 1. The molecule has 2 aliphatic rings. The van der Waals surface area contributed by atoms with Crippen LogP contribution < -0.4 is 0 Å². The van der Waals surface area contributed by atoms with Gasteiger partial charge >= 0.3 is 0 Å². The van der Waals surface area contributed by atoms with Crippen LogP contribution in [-0.2, 0) is 23.6 Å². The molecule has 36 heavy (non-hydrogen) atoms. The Kier molecular flexibility index (Phi) is 9.11. The zero-order valence-corrected chi connectivity index (χ0v) is 23.5. The van der Waals surface area contributed by atoms with Crippen LogP contribution >= 0.6 is 0 Å². The van der Waals surface area contributed by atoms with E-state index < -0.39 is 10.8 Å². The van der Waals surface area contributed by atoms with E-state index in [9.17, 15) is 4.21 Å². The van der Waals surface area contributed by atoms with Gasteiger partial charge in [-0.3, -0.25) is 9.19 Å². The monoisotopic (exact) mass is 502 g/mol. The topological polar surface area (TPSA) is 42.3 Å². The average Bonchev–Trinajstić information content (AvgIpc) is 3.12. The van der Waals surface area contributed by atoms with E-state index in [1.165, 1.54) is 53.5 Å². The lowest BCUT2D eigenvalue weighted by Crippen LogP contribution is -2.12. The summed E-state index contributed by atoms with van der Waals surface area (Å²) < 4.78 is 11.4. The van der Waals surface area contributed by atoms with Gasteiger partial charge < -0.3 is 0 Å². The number of allylic oxidation sites excluding steroid dienone is 4. The van der Waals surface area contributed by atoms with Gasteiger partial charge in [0, 0.05) is 40.6 Å². The summed E-state index contributed by atoms with van der Waals surface area (Å²) in [6, 6.07) is 11.1. The third kappa shape index (κ3) is 6.51. The average molecular weight is 503 g/mol. The van der Waals surface area contributed by atoms with Gasteiger partial charge in [0.05, 0.1) is 11.4 Å². The first-order valence-corrected chi connectivity index (χ1v) is 15.3. The highest BCUT2D eigenvalue weighted by molar-refractivity contribution is 7.84. The highest BCUT2D eigenvalue weighted by atomic mass is 32.2. The molecule has 0 radical (unpaired) electrons. The molecule has 4 heteroatoms. The molecule has 0 aliphatic heterocycles. The summed E-state index contributed by atoms with van der Waals surface area (Å²) in [4.78, 5) is 10.1. The summed E-state index contributed by atoms with van der Waals surface area (Å²) in [6.45, 7) is 8.85. The van der Waals surface area contributed by atoms with E-state index in [0.717, 1.165) is 48.0 Å².